The molecule has 0 bridgehead atoms. The van der Waals surface area contributed by atoms with E-state index in [1.807, 2.05) is 19.1 Å². The summed E-state index contributed by atoms with van der Waals surface area (Å²) in [7, 11) is 0. The zero-order valence-corrected chi connectivity index (χ0v) is 15.1. The van der Waals surface area contributed by atoms with Gasteiger partial charge in [0.25, 0.3) is 5.91 Å². The average Bonchev–Trinajstić information content (AvgIpc) is 3.16. The number of nitrogens with two attached hydrogens (primary N) is 1. The predicted molar refractivity (Wildman–Crippen MR) is 99.8 cm³/mol. The van der Waals surface area contributed by atoms with Crippen molar-refractivity contribution in [2.75, 3.05) is 26.2 Å². The number of hydrogen-bond acceptors (Lipinski definition) is 4. The van der Waals surface area contributed by atoms with Crippen molar-refractivity contribution >= 4 is 17.8 Å². The lowest BCUT2D eigenvalue weighted by Gasteiger charge is -2.14. The van der Waals surface area contributed by atoms with E-state index in [0.29, 0.717) is 12.1 Å². The summed E-state index contributed by atoms with van der Waals surface area (Å²) < 4.78 is 5.60. The molecule has 1 aliphatic heterocycles. The van der Waals surface area contributed by atoms with Crippen LogP contribution in [0.4, 0.5) is 0 Å². The molecule has 0 aromatic heterocycles. The molecule has 26 heavy (non-hydrogen) atoms. The molecule has 1 heterocycles. The van der Waals surface area contributed by atoms with Crippen molar-refractivity contribution in [3.05, 3.63) is 35.4 Å². The number of carbonyl (C=O) groups excluding carboxylic acids is 2. The SMILES string of the molecule is CCNC(=NCc1ccc(C(=O)NCC(N)=O)cc1)NCC1CCCO1. The van der Waals surface area contributed by atoms with Crippen LogP contribution in [0.3, 0.4) is 0 Å². The van der Waals surface area contributed by atoms with E-state index in [-0.39, 0.29) is 18.6 Å². The van der Waals surface area contributed by atoms with Gasteiger partial charge in [0.15, 0.2) is 5.96 Å². The number of nitrogens with one attached hydrogen (secondary N) is 3. The molecular formula is C18H27N5O3. The zero-order valence-electron chi connectivity index (χ0n) is 15.1. The lowest BCUT2D eigenvalue weighted by molar-refractivity contribution is -0.117. The smallest absolute Gasteiger partial charge is 0.251 e. The molecule has 1 unspecified atom stereocenters. The molecule has 8 heteroatoms. The number of rotatable bonds is 8. The standard InChI is InChI=1S/C18H27N5O3/c1-2-20-18(23-11-15-4-3-9-26-15)22-10-13-5-7-14(8-6-13)17(25)21-12-16(19)24/h5-8,15H,2-4,9-12H2,1H3,(H2,19,24)(H,21,25)(H2,20,22,23). The first kappa shape index (κ1) is 19.7. The Hall–Kier alpha value is -2.61. The molecular weight excluding hydrogens is 334 g/mol. The number of primary amides is 1. The molecule has 0 saturated carbocycles. The van der Waals surface area contributed by atoms with Crippen molar-refractivity contribution in [2.24, 2.45) is 10.7 Å². The largest absolute Gasteiger partial charge is 0.376 e. The maximum atomic E-state index is 11.8. The Bertz CT molecular complexity index is 624. The summed E-state index contributed by atoms with van der Waals surface area (Å²) in [4.78, 5) is 27.1. The van der Waals surface area contributed by atoms with Crippen molar-refractivity contribution in [2.45, 2.75) is 32.4 Å². The highest BCUT2D eigenvalue weighted by Crippen LogP contribution is 2.10. The summed E-state index contributed by atoms with van der Waals surface area (Å²) in [6.45, 7) is 4.68. The molecule has 0 aliphatic carbocycles. The lowest BCUT2D eigenvalue weighted by atomic mass is 10.1. The molecule has 1 aromatic carbocycles. The summed E-state index contributed by atoms with van der Waals surface area (Å²) in [5.74, 6) is -0.160. The molecule has 5 N–H and O–H groups in total. The Kier molecular flexibility index (Phi) is 7.88. The molecule has 8 nitrogen and oxygen atoms in total. The van der Waals surface area contributed by atoms with E-state index in [0.717, 1.165) is 44.1 Å². The van der Waals surface area contributed by atoms with E-state index in [1.165, 1.54) is 0 Å². The van der Waals surface area contributed by atoms with Crippen LogP contribution in [0.15, 0.2) is 29.3 Å². The van der Waals surface area contributed by atoms with E-state index in [4.69, 9.17) is 10.5 Å². The van der Waals surface area contributed by atoms with Gasteiger partial charge in [-0.3, -0.25) is 9.59 Å². The Morgan fingerprint density at radius 1 is 1.23 bits per heavy atom. The average molecular weight is 361 g/mol. The lowest BCUT2D eigenvalue weighted by Crippen LogP contribution is -2.41. The molecule has 1 aromatic rings. The Labute approximate surface area is 153 Å². The summed E-state index contributed by atoms with van der Waals surface area (Å²) in [5.41, 5.74) is 6.46. The number of nitrogens with zero attached hydrogens (tertiary/aromatic N) is 1. The first-order chi connectivity index (χ1) is 12.6. The van der Waals surface area contributed by atoms with Crippen molar-refractivity contribution in [3.8, 4) is 0 Å². The predicted octanol–water partition coefficient (Wildman–Crippen LogP) is 0.136. The maximum Gasteiger partial charge on any atom is 0.251 e. The number of guanidine groups is 1. The molecule has 2 amide bonds. The van der Waals surface area contributed by atoms with Crippen LogP contribution >= 0.6 is 0 Å². The van der Waals surface area contributed by atoms with Crippen molar-refractivity contribution in [1.82, 2.24) is 16.0 Å². The van der Waals surface area contributed by atoms with Crippen LogP contribution in [-0.2, 0) is 16.1 Å². The fourth-order valence-corrected chi connectivity index (χ4v) is 2.56. The third-order valence-electron chi connectivity index (χ3n) is 3.92. The van der Waals surface area contributed by atoms with Crippen LogP contribution in [0, 0.1) is 0 Å². The number of benzene rings is 1. The van der Waals surface area contributed by atoms with Crippen molar-refractivity contribution in [1.29, 1.82) is 0 Å². The van der Waals surface area contributed by atoms with Gasteiger partial charge < -0.3 is 26.4 Å². The monoisotopic (exact) mass is 361 g/mol. The first-order valence-corrected chi connectivity index (χ1v) is 8.87. The number of hydrogen-bond donors (Lipinski definition) is 4. The van der Waals surface area contributed by atoms with E-state index < -0.39 is 5.91 Å². The number of amides is 2. The molecule has 0 radical (unpaired) electrons. The van der Waals surface area contributed by atoms with E-state index in [1.54, 1.807) is 12.1 Å². The topological polar surface area (TPSA) is 118 Å². The Balaban J connectivity index is 1.87. The quantitative estimate of drug-likeness (QED) is 0.388. The molecule has 1 aliphatic rings. The second-order valence-corrected chi connectivity index (χ2v) is 6.06. The normalized spacial score (nSPS) is 17.0. The molecule has 1 fully saturated rings. The van der Waals surface area contributed by atoms with Gasteiger partial charge in [0.05, 0.1) is 19.2 Å². The van der Waals surface area contributed by atoms with Gasteiger partial charge in [0, 0.05) is 25.3 Å². The number of carbonyl (C=O) groups is 2. The summed E-state index contributed by atoms with van der Waals surface area (Å²) >= 11 is 0. The fourth-order valence-electron chi connectivity index (χ4n) is 2.56. The van der Waals surface area contributed by atoms with Gasteiger partial charge in [-0.25, -0.2) is 4.99 Å². The van der Waals surface area contributed by atoms with Crippen LogP contribution in [-0.4, -0.2) is 50.1 Å². The van der Waals surface area contributed by atoms with Gasteiger partial charge in [-0.15, -0.1) is 0 Å². The van der Waals surface area contributed by atoms with Gasteiger partial charge in [-0.2, -0.15) is 0 Å². The van der Waals surface area contributed by atoms with Gasteiger partial charge in [0.1, 0.15) is 0 Å². The second-order valence-electron chi connectivity index (χ2n) is 6.06. The van der Waals surface area contributed by atoms with Crippen molar-refractivity contribution < 1.29 is 14.3 Å². The van der Waals surface area contributed by atoms with Crippen LogP contribution in [0.2, 0.25) is 0 Å². The Morgan fingerprint density at radius 3 is 2.62 bits per heavy atom. The molecule has 142 valence electrons. The number of aliphatic imine (C=N–C) groups is 1. The highest BCUT2D eigenvalue weighted by atomic mass is 16.5. The van der Waals surface area contributed by atoms with E-state index >= 15 is 0 Å². The molecule has 1 saturated heterocycles. The van der Waals surface area contributed by atoms with Crippen LogP contribution in [0.5, 0.6) is 0 Å². The highest BCUT2D eigenvalue weighted by molar-refractivity contribution is 5.96. The van der Waals surface area contributed by atoms with Gasteiger partial charge in [-0.1, -0.05) is 12.1 Å². The van der Waals surface area contributed by atoms with Gasteiger partial charge >= 0.3 is 0 Å². The third kappa shape index (κ3) is 6.72. The third-order valence-corrected chi connectivity index (χ3v) is 3.92. The Morgan fingerprint density at radius 2 is 2.00 bits per heavy atom. The van der Waals surface area contributed by atoms with Crippen LogP contribution in [0.25, 0.3) is 0 Å². The van der Waals surface area contributed by atoms with Crippen LogP contribution < -0.4 is 21.7 Å². The van der Waals surface area contributed by atoms with Crippen molar-refractivity contribution in [3.63, 3.8) is 0 Å². The minimum absolute atomic E-state index is 0.173. The minimum atomic E-state index is -0.573. The first-order valence-electron chi connectivity index (χ1n) is 8.87. The second kappa shape index (κ2) is 10.4. The molecule has 1 atom stereocenters. The van der Waals surface area contributed by atoms with E-state index in [2.05, 4.69) is 20.9 Å². The minimum Gasteiger partial charge on any atom is -0.376 e. The van der Waals surface area contributed by atoms with Gasteiger partial charge in [-0.05, 0) is 37.5 Å². The summed E-state index contributed by atoms with van der Waals surface area (Å²) in [6.07, 6.45) is 2.43. The summed E-state index contributed by atoms with van der Waals surface area (Å²) in [5, 5.41) is 8.96. The zero-order chi connectivity index (χ0) is 18.8. The van der Waals surface area contributed by atoms with E-state index in [9.17, 15) is 9.59 Å². The van der Waals surface area contributed by atoms with Crippen LogP contribution in [0.1, 0.15) is 35.7 Å². The van der Waals surface area contributed by atoms with Gasteiger partial charge in [0.2, 0.25) is 5.91 Å². The number of ether oxygens (including phenoxy) is 1. The molecule has 2 rings (SSSR count). The maximum absolute atomic E-state index is 11.8. The fraction of sp³-hybridized carbons (Fsp3) is 0.500. The highest BCUT2D eigenvalue weighted by Gasteiger charge is 2.15. The summed E-state index contributed by atoms with van der Waals surface area (Å²) in [6, 6.07) is 7.08. The molecule has 0 spiro atoms.